The van der Waals surface area contributed by atoms with Gasteiger partial charge in [-0.1, -0.05) is 65.9 Å². The van der Waals surface area contributed by atoms with Crippen molar-refractivity contribution in [2.24, 2.45) is 0 Å². The standard InChI is InChI=1S/C19H16ClNO5S3/c20-16-4-2-1-3-14(16)12-26-15-7-5-13(6-8-15)11-17-18(22)21(19(27)28-17)9-10-29(23,24)25/h1-8,11H,9-10,12H2,(H,23,24,25)/b17-11-. The lowest BCUT2D eigenvalue weighted by atomic mass is 10.2. The summed E-state index contributed by atoms with van der Waals surface area (Å²) >= 11 is 12.3. The Morgan fingerprint density at radius 2 is 1.86 bits per heavy atom. The number of carbonyl (C=O) groups excluding carboxylic acids is 1. The minimum Gasteiger partial charge on any atom is -0.489 e. The first-order valence-corrected chi connectivity index (χ1v) is 11.6. The van der Waals surface area contributed by atoms with Crippen LogP contribution in [0.1, 0.15) is 11.1 Å². The Morgan fingerprint density at radius 3 is 2.52 bits per heavy atom. The highest BCUT2D eigenvalue weighted by Gasteiger charge is 2.32. The molecule has 10 heteroatoms. The second-order valence-corrected chi connectivity index (χ2v) is 9.72. The molecule has 1 heterocycles. The third-order valence-electron chi connectivity index (χ3n) is 3.98. The number of benzene rings is 2. The summed E-state index contributed by atoms with van der Waals surface area (Å²) in [7, 11) is -4.17. The van der Waals surface area contributed by atoms with Gasteiger partial charge >= 0.3 is 0 Å². The SMILES string of the molecule is O=C1/C(=C/c2ccc(OCc3ccccc3Cl)cc2)SC(=S)N1CCS(=O)(=O)O. The van der Waals surface area contributed by atoms with Gasteiger partial charge in [0.1, 0.15) is 16.7 Å². The number of thioether (sulfide) groups is 1. The lowest BCUT2D eigenvalue weighted by molar-refractivity contribution is -0.121. The minimum atomic E-state index is -4.17. The van der Waals surface area contributed by atoms with E-state index in [2.05, 4.69) is 0 Å². The minimum absolute atomic E-state index is 0.185. The van der Waals surface area contributed by atoms with Gasteiger partial charge in [-0.05, 0) is 29.8 Å². The van der Waals surface area contributed by atoms with Crippen molar-refractivity contribution >= 4 is 62.0 Å². The van der Waals surface area contributed by atoms with Crippen molar-refractivity contribution in [3.05, 3.63) is 69.6 Å². The van der Waals surface area contributed by atoms with Crippen LogP contribution in [0.5, 0.6) is 5.75 Å². The van der Waals surface area contributed by atoms with Gasteiger partial charge < -0.3 is 4.74 Å². The molecule has 1 saturated heterocycles. The maximum absolute atomic E-state index is 12.4. The molecule has 0 radical (unpaired) electrons. The largest absolute Gasteiger partial charge is 0.489 e. The van der Waals surface area contributed by atoms with Gasteiger partial charge in [-0.25, -0.2) is 0 Å². The summed E-state index contributed by atoms with van der Waals surface area (Å²) in [6, 6.07) is 14.6. The van der Waals surface area contributed by atoms with Gasteiger partial charge in [-0.2, -0.15) is 8.42 Å². The van der Waals surface area contributed by atoms with Gasteiger partial charge in [0.25, 0.3) is 16.0 Å². The first-order chi connectivity index (χ1) is 13.7. The van der Waals surface area contributed by atoms with E-state index in [9.17, 15) is 13.2 Å². The third kappa shape index (κ3) is 6.03. The van der Waals surface area contributed by atoms with E-state index in [4.69, 9.17) is 33.1 Å². The van der Waals surface area contributed by atoms with Crippen molar-refractivity contribution in [3.8, 4) is 5.75 Å². The van der Waals surface area contributed by atoms with Gasteiger partial charge in [0.15, 0.2) is 0 Å². The highest BCUT2D eigenvalue weighted by molar-refractivity contribution is 8.26. The first-order valence-electron chi connectivity index (χ1n) is 8.40. The molecule has 3 rings (SSSR count). The zero-order valence-corrected chi connectivity index (χ0v) is 18.2. The number of hydrogen-bond donors (Lipinski definition) is 1. The average molecular weight is 470 g/mol. The van der Waals surface area contributed by atoms with Crippen LogP contribution in [0, 0.1) is 0 Å². The zero-order valence-electron chi connectivity index (χ0n) is 14.9. The Labute approximate surface area is 183 Å². The highest BCUT2D eigenvalue weighted by atomic mass is 35.5. The van der Waals surface area contributed by atoms with E-state index >= 15 is 0 Å². The second kappa shape index (κ2) is 9.27. The maximum Gasteiger partial charge on any atom is 0.266 e. The molecule has 1 N–H and O–H groups in total. The Kier molecular flexibility index (Phi) is 6.97. The lowest BCUT2D eigenvalue weighted by Crippen LogP contribution is -2.32. The molecule has 1 aliphatic heterocycles. The molecule has 0 bridgehead atoms. The number of nitrogens with zero attached hydrogens (tertiary/aromatic N) is 1. The van der Waals surface area contributed by atoms with Crippen molar-refractivity contribution in [1.29, 1.82) is 0 Å². The van der Waals surface area contributed by atoms with Gasteiger partial charge in [0, 0.05) is 17.1 Å². The van der Waals surface area contributed by atoms with Crippen LogP contribution in [0.25, 0.3) is 6.08 Å². The van der Waals surface area contributed by atoms with Crippen LogP contribution in [0.4, 0.5) is 0 Å². The Hall–Kier alpha value is -1.91. The monoisotopic (exact) mass is 469 g/mol. The van der Waals surface area contributed by atoms with E-state index in [1.165, 1.54) is 4.90 Å². The van der Waals surface area contributed by atoms with Gasteiger partial charge in [-0.15, -0.1) is 0 Å². The molecule has 2 aromatic rings. The summed E-state index contributed by atoms with van der Waals surface area (Å²) in [4.78, 5) is 14.0. The molecule has 6 nitrogen and oxygen atoms in total. The van der Waals surface area contributed by atoms with Crippen molar-refractivity contribution < 1.29 is 22.5 Å². The molecule has 1 aliphatic rings. The van der Waals surface area contributed by atoms with Crippen LogP contribution in [-0.2, 0) is 21.5 Å². The van der Waals surface area contributed by atoms with E-state index in [1.807, 2.05) is 18.2 Å². The number of carbonyl (C=O) groups is 1. The Morgan fingerprint density at radius 1 is 1.17 bits per heavy atom. The first kappa shape index (κ1) is 21.8. The average Bonchev–Trinajstić information content (AvgIpc) is 2.93. The molecule has 29 heavy (non-hydrogen) atoms. The quantitative estimate of drug-likeness (QED) is 0.372. The normalized spacial score (nSPS) is 15.9. The van der Waals surface area contributed by atoms with E-state index < -0.39 is 15.9 Å². The fourth-order valence-electron chi connectivity index (χ4n) is 2.49. The van der Waals surface area contributed by atoms with Crippen LogP contribution >= 0.6 is 35.6 Å². The molecule has 0 aliphatic carbocycles. The number of hydrogen-bond acceptors (Lipinski definition) is 6. The summed E-state index contributed by atoms with van der Waals surface area (Å²) in [5.41, 5.74) is 1.65. The molecule has 0 spiro atoms. The number of amides is 1. The van der Waals surface area contributed by atoms with Crippen LogP contribution in [0.15, 0.2) is 53.4 Å². The summed E-state index contributed by atoms with van der Waals surface area (Å²) in [5, 5.41) is 0.639. The molecule has 0 atom stereocenters. The van der Waals surface area contributed by atoms with E-state index in [0.29, 0.717) is 22.3 Å². The molecule has 1 amide bonds. The zero-order chi connectivity index (χ0) is 21.0. The van der Waals surface area contributed by atoms with Crippen LogP contribution in [0.2, 0.25) is 5.02 Å². The number of halogens is 1. The summed E-state index contributed by atoms with van der Waals surface area (Å²) in [5.74, 6) is -0.296. The van der Waals surface area contributed by atoms with Crippen molar-refractivity contribution in [2.45, 2.75) is 6.61 Å². The molecular formula is C19H16ClNO5S3. The molecule has 1 fully saturated rings. The van der Waals surface area contributed by atoms with Gasteiger partial charge in [0.2, 0.25) is 0 Å². The van der Waals surface area contributed by atoms with Crippen molar-refractivity contribution in [1.82, 2.24) is 4.90 Å². The van der Waals surface area contributed by atoms with Gasteiger partial charge in [0.05, 0.1) is 10.7 Å². The van der Waals surface area contributed by atoms with Crippen LogP contribution in [-0.4, -0.2) is 40.4 Å². The highest BCUT2D eigenvalue weighted by Crippen LogP contribution is 2.32. The van der Waals surface area contributed by atoms with Crippen LogP contribution < -0.4 is 4.74 Å². The topological polar surface area (TPSA) is 83.9 Å². The van der Waals surface area contributed by atoms with Gasteiger partial charge in [-0.3, -0.25) is 14.2 Å². The lowest BCUT2D eigenvalue weighted by Gasteiger charge is -2.12. The van der Waals surface area contributed by atoms with E-state index in [0.717, 1.165) is 22.9 Å². The fourth-order valence-corrected chi connectivity index (χ4v) is 4.40. The molecule has 152 valence electrons. The molecule has 0 saturated carbocycles. The van der Waals surface area contributed by atoms with Crippen molar-refractivity contribution in [3.63, 3.8) is 0 Å². The summed E-state index contributed by atoms with van der Waals surface area (Å²) in [6.45, 7) is 0.154. The predicted octanol–water partition coefficient (Wildman–Crippen LogP) is 4.01. The van der Waals surface area contributed by atoms with E-state index in [1.54, 1.807) is 36.4 Å². The molecule has 2 aromatic carbocycles. The van der Waals surface area contributed by atoms with Crippen LogP contribution in [0.3, 0.4) is 0 Å². The number of thiocarbonyl (C=S) groups is 1. The second-order valence-electron chi connectivity index (χ2n) is 6.07. The number of ether oxygens (including phenoxy) is 1. The predicted molar refractivity (Wildman–Crippen MR) is 119 cm³/mol. The Bertz CT molecular complexity index is 1070. The summed E-state index contributed by atoms with van der Waals surface area (Å²) in [6.07, 6.45) is 1.67. The Balaban J connectivity index is 1.64. The summed E-state index contributed by atoms with van der Waals surface area (Å²) < 4.78 is 36.6. The number of rotatable bonds is 7. The maximum atomic E-state index is 12.4. The molecule has 0 unspecified atom stereocenters. The molecule has 0 aromatic heterocycles. The smallest absolute Gasteiger partial charge is 0.266 e. The van der Waals surface area contributed by atoms with Crippen molar-refractivity contribution in [2.75, 3.05) is 12.3 Å². The molecular weight excluding hydrogens is 454 g/mol. The third-order valence-corrected chi connectivity index (χ3v) is 6.42. The van der Waals surface area contributed by atoms with E-state index in [-0.39, 0.29) is 16.8 Å². The fraction of sp³-hybridized carbons (Fsp3) is 0.158.